The Morgan fingerprint density at radius 3 is 2.43 bits per heavy atom. The molecule has 0 aliphatic heterocycles. The van der Waals surface area contributed by atoms with E-state index in [0.29, 0.717) is 5.56 Å². The molecule has 0 bridgehead atoms. The molecule has 0 radical (unpaired) electrons. The minimum atomic E-state index is -2.34. The first kappa shape index (κ1) is 30.6. The first-order valence-electron chi connectivity index (χ1n) is 13.9. The Morgan fingerprint density at radius 2 is 1.79 bits per heavy atom. The van der Waals surface area contributed by atoms with Crippen molar-refractivity contribution in [3.05, 3.63) is 59.2 Å². The molecule has 0 saturated heterocycles. The van der Waals surface area contributed by atoms with Crippen LogP contribution in [0.3, 0.4) is 0 Å². The Hall–Kier alpha value is -2.87. The van der Waals surface area contributed by atoms with Crippen LogP contribution in [0, 0.1) is 28.6 Å². The highest BCUT2D eigenvalue weighted by atomic mass is 19.1. The largest absolute Gasteiger partial charge is 0.454 e. The summed E-state index contributed by atoms with van der Waals surface area (Å²) < 4.78 is 38.1. The van der Waals surface area contributed by atoms with Gasteiger partial charge in [0.15, 0.2) is 18.1 Å². The van der Waals surface area contributed by atoms with E-state index in [4.69, 9.17) is 15.2 Å². The van der Waals surface area contributed by atoms with Crippen LogP contribution in [0.15, 0.2) is 48.1 Å². The molecule has 1 aromatic carbocycles. The van der Waals surface area contributed by atoms with Crippen molar-refractivity contribution in [2.75, 3.05) is 6.61 Å². The fraction of sp³-hybridized carbons (Fsp3) is 0.567. The van der Waals surface area contributed by atoms with Crippen molar-refractivity contribution in [3.8, 4) is 0 Å². The van der Waals surface area contributed by atoms with Crippen LogP contribution in [-0.4, -0.2) is 73.7 Å². The van der Waals surface area contributed by atoms with E-state index >= 15 is 8.78 Å². The SMILES string of the molecule is C[C@@H]1CC2C3C[C@H](F)C4=CC(=O)C=C[C@]4(C)[C@@]3(F)[C@@H](O)C[C@]2(C)[C@@]1(O)C(=O)COC(=O)c1ccc(CON(O)O)cc1. The summed E-state index contributed by atoms with van der Waals surface area (Å²) >= 11 is 0. The number of halogens is 2. The Balaban J connectivity index is 1.36. The third-order valence-electron chi connectivity index (χ3n) is 10.5. The number of alkyl halides is 2. The zero-order valence-electron chi connectivity index (χ0n) is 23.5. The molecule has 12 heteroatoms. The maximum absolute atomic E-state index is 17.3. The molecular weight excluding hydrogens is 556 g/mol. The summed E-state index contributed by atoms with van der Waals surface area (Å²) in [7, 11) is 0. The molecule has 4 N–H and O–H groups in total. The number of esters is 1. The number of hydrogen-bond acceptors (Lipinski definition) is 10. The van der Waals surface area contributed by atoms with Crippen molar-refractivity contribution in [3.63, 3.8) is 0 Å². The molecule has 2 unspecified atom stereocenters. The number of aliphatic hydroxyl groups is 2. The van der Waals surface area contributed by atoms with Gasteiger partial charge in [-0.15, -0.1) is 0 Å². The third kappa shape index (κ3) is 4.30. The number of nitrogens with zero attached hydrogens (tertiary/aromatic N) is 1. The van der Waals surface area contributed by atoms with E-state index in [2.05, 4.69) is 4.84 Å². The summed E-state index contributed by atoms with van der Waals surface area (Å²) in [6, 6.07) is 5.74. The first-order valence-corrected chi connectivity index (χ1v) is 13.9. The molecule has 0 spiro atoms. The minimum Gasteiger partial charge on any atom is -0.454 e. The number of ether oxygens (including phenoxy) is 1. The zero-order chi connectivity index (χ0) is 30.8. The quantitative estimate of drug-likeness (QED) is 0.275. The number of ketones is 2. The van der Waals surface area contributed by atoms with Crippen molar-refractivity contribution < 1.29 is 53.4 Å². The van der Waals surface area contributed by atoms with Gasteiger partial charge in [-0.05, 0) is 73.4 Å². The molecule has 3 fully saturated rings. The second kappa shape index (κ2) is 10.4. The topological polar surface area (TPSA) is 154 Å². The van der Waals surface area contributed by atoms with E-state index in [-0.39, 0.29) is 37.0 Å². The van der Waals surface area contributed by atoms with Gasteiger partial charge in [-0.2, -0.15) is 0 Å². The normalized spacial score (nSPS) is 40.7. The second-order valence-corrected chi connectivity index (χ2v) is 12.5. The van der Waals surface area contributed by atoms with Crippen LogP contribution >= 0.6 is 0 Å². The molecule has 4 aliphatic carbocycles. The highest BCUT2D eigenvalue weighted by molar-refractivity contribution is 6.01. The molecule has 10 nitrogen and oxygen atoms in total. The Kier molecular flexibility index (Phi) is 7.57. The average molecular weight is 592 g/mol. The predicted octanol–water partition coefficient (Wildman–Crippen LogP) is 3.22. The number of rotatable bonds is 7. The van der Waals surface area contributed by atoms with Crippen LogP contribution < -0.4 is 0 Å². The zero-order valence-corrected chi connectivity index (χ0v) is 23.5. The fourth-order valence-electron chi connectivity index (χ4n) is 8.33. The van der Waals surface area contributed by atoms with Crippen LogP contribution in [0.25, 0.3) is 0 Å². The smallest absolute Gasteiger partial charge is 0.338 e. The first-order chi connectivity index (χ1) is 19.6. The van der Waals surface area contributed by atoms with Gasteiger partial charge in [0.25, 0.3) is 0 Å². The average Bonchev–Trinajstić information content (AvgIpc) is 3.14. The molecule has 0 aromatic heterocycles. The van der Waals surface area contributed by atoms with E-state index in [1.54, 1.807) is 13.8 Å². The number of aliphatic hydroxyl groups excluding tert-OH is 1. The number of allylic oxidation sites excluding steroid dienone is 4. The maximum Gasteiger partial charge on any atom is 0.338 e. The van der Waals surface area contributed by atoms with Crippen LogP contribution in [0.1, 0.15) is 56.0 Å². The van der Waals surface area contributed by atoms with E-state index < -0.39 is 81.7 Å². The number of fused-ring (bicyclic) bond motifs is 5. The van der Waals surface area contributed by atoms with E-state index in [9.17, 15) is 24.6 Å². The predicted molar refractivity (Wildman–Crippen MR) is 140 cm³/mol. The lowest BCUT2D eigenvalue weighted by atomic mass is 9.44. The Morgan fingerprint density at radius 1 is 1.12 bits per heavy atom. The third-order valence-corrected chi connectivity index (χ3v) is 10.5. The molecule has 1 aromatic rings. The summed E-state index contributed by atoms with van der Waals surface area (Å²) in [6.07, 6.45) is -0.120. The van der Waals surface area contributed by atoms with Gasteiger partial charge in [-0.25, -0.2) is 18.4 Å². The van der Waals surface area contributed by atoms with E-state index in [1.165, 1.54) is 43.3 Å². The summed E-state index contributed by atoms with van der Waals surface area (Å²) in [5.74, 6) is -4.54. The lowest BCUT2D eigenvalue weighted by Crippen LogP contribution is -2.70. The van der Waals surface area contributed by atoms with Gasteiger partial charge in [0.05, 0.1) is 23.7 Å². The number of hydrogen-bond donors (Lipinski definition) is 4. The highest BCUT2D eigenvalue weighted by Crippen LogP contribution is 2.71. The summed E-state index contributed by atoms with van der Waals surface area (Å²) in [4.78, 5) is 42.8. The van der Waals surface area contributed by atoms with Gasteiger partial charge in [0.1, 0.15) is 11.8 Å². The van der Waals surface area contributed by atoms with Crippen molar-refractivity contribution in [2.45, 2.75) is 70.2 Å². The lowest BCUT2D eigenvalue weighted by molar-refractivity contribution is -0.497. The number of benzene rings is 1. The van der Waals surface area contributed by atoms with Crippen molar-refractivity contribution in [2.24, 2.45) is 28.6 Å². The fourth-order valence-corrected chi connectivity index (χ4v) is 8.33. The van der Waals surface area contributed by atoms with Crippen LogP contribution in [0.2, 0.25) is 0 Å². The van der Waals surface area contributed by atoms with Gasteiger partial charge in [0, 0.05) is 16.7 Å². The van der Waals surface area contributed by atoms with Crippen LogP contribution in [-0.2, 0) is 25.8 Å². The molecule has 4 aliphatic rings. The molecular formula is C30H35F2NO9. The number of carbonyl (C=O) groups excluding carboxylic acids is 3. The molecule has 5 rings (SSSR count). The van der Waals surface area contributed by atoms with E-state index in [1.807, 2.05) is 0 Å². The summed E-state index contributed by atoms with van der Waals surface area (Å²) in [6.45, 7) is 3.76. The van der Waals surface area contributed by atoms with Gasteiger partial charge in [-0.3, -0.25) is 20.0 Å². The minimum absolute atomic E-state index is 0.00924. The summed E-state index contributed by atoms with van der Waals surface area (Å²) in [5, 5.41) is 40.2. The van der Waals surface area contributed by atoms with Gasteiger partial charge >= 0.3 is 5.97 Å². The number of Topliss-reactive ketones (excluding diaryl/α,β-unsaturated/α-hetero) is 1. The number of carbonyl (C=O) groups is 3. The van der Waals surface area contributed by atoms with Crippen molar-refractivity contribution in [1.29, 1.82) is 0 Å². The Labute approximate surface area is 241 Å². The maximum atomic E-state index is 17.3. The standard InChI is InChI=1S/C30H35F2NO9/c1-16-10-20-21-12-23(31)22-11-19(34)8-9-27(22,2)29(21,32)24(35)13-28(20,3)30(16,38)25(36)15-41-26(37)18-6-4-17(5-7-18)14-42-33(39)40/h4-9,11,16,20-21,23-24,35,38-40H,10,12-15H2,1-3H3/t16-,20?,21?,23+,24+,27+,28+,29+,30+/m1/s1. The van der Waals surface area contributed by atoms with E-state index in [0.717, 1.165) is 6.08 Å². The molecule has 3 saturated carbocycles. The molecule has 228 valence electrons. The highest BCUT2D eigenvalue weighted by Gasteiger charge is 2.76. The summed E-state index contributed by atoms with van der Waals surface area (Å²) in [5.41, 5.74) is -6.77. The lowest BCUT2D eigenvalue weighted by Gasteiger charge is -2.63. The van der Waals surface area contributed by atoms with Gasteiger partial charge < -0.3 is 14.9 Å². The Bertz CT molecular complexity index is 1350. The monoisotopic (exact) mass is 591 g/mol. The van der Waals surface area contributed by atoms with Crippen LogP contribution in [0.4, 0.5) is 8.78 Å². The molecule has 0 heterocycles. The van der Waals surface area contributed by atoms with Crippen molar-refractivity contribution in [1.82, 2.24) is 5.39 Å². The second-order valence-electron chi connectivity index (χ2n) is 12.5. The molecule has 9 atom stereocenters. The van der Waals surface area contributed by atoms with Crippen LogP contribution in [0.5, 0.6) is 0 Å². The van der Waals surface area contributed by atoms with Crippen molar-refractivity contribution >= 4 is 17.5 Å². The molecule has 0 amide bonds. The van der Waals surface area contributed by atoms with Gasteiger partial charge in [-0.1, -0.05) is 32.1 Å². The van der Waals surface area contributed by atoms with Gasteiger partial charge in [0.2, 0.25) is 5.78 Å². The molecule has 42 heavy (non-hydrogen) atoms.